The zero-order chi connectivity index (χ0) is 22.0. The molecule has 0 bridgehead atoms. The van der Waals surface area contributed by atoms with Crippen LogP contribution >= 0.6 is 23.1 Å². The van der Waals surface area contributed by atoms with Gasteiger partial charge >= 0.3 is 0 Å². The highest BCUT2D eigenvalue weighted by Crippen LogP contribution is 2.38. The van der Waals surface area contributed by atoms with Crippen LogP contribution < -0.4 is 9.47 Å². The van der Waals surface area contributed by atoms with Gasteiger partial charge in [-0.05, 0) is 36.1 Å². The van der Waals surface area contributed by atoms with Crippen LogP contribution in [0.15, 0.2) is 46.0 Å². The van der Waals surface area contributed by atoms with Gasteiger partial charge in [0.25, 0.3) is 5.91 Å². The van der Waals surface area contributed by atoms with E-state index in [1.165, 1.54) is 11.8 Å². The highest BCUT2D eigenvalue weighted by atomic mass is 32.2. The van der Waals surface area contributed by atoms with Crippen molar-refractivity contribution >= 4 is 34.7 Å². The number of thiophene rings is 1. The molecular weight excluding hydrogens is 434 g/mol. The summed E-state index contributed by atoms with van der Waals surface area (Å²) < 4.78 is 12.7. The first-order chi connectivity index (χ1) is 15.0. The number of aromatic nitrogens is 3. The largest absolute Gasteiger partial charge is 0.493 e. The molecule has 1 amide bonds. The number of ether oxygens (including phenoxy) is 2. The first-order valence-electron chi connectivity index (χ1n) is 9.66. The Hall–Kier alpha value is -2.85. The lowest BCUT2D eigenvalue weighted by Crippen LogP contribution is -2.28. The van der Waals surface area contributed by atoms with Gasteiger partial charge in [-0.2, -0.15) is 5.10 Å². The molecule has 0 saturated heterocycles. The first kappa shape index (κ1) is 21.4. The number of aryl methyl sites for hydroxylation is 1. The molecule has 0 unspecified atom stereocenters. The molecule has 2 aromatic heterocycles. The Bertz CT molecular complexity index is 1110. The number of hydrazone groups is 1. The fraction of sp³-hybridized carbons (Fsp3) is 0.333. The van der Waals surface area contributed by atoms with E-state index in [4.69, 9.17) is 14.6 Å². The highest BCUT2D eigenvalue weighted by molar-refractivity contribution is 7.99. The van der Waals surface area contributed by atoms with Crippen molar-refractivity contribution in [3.05, 3.63) is 52.0 Å². The van der Waals surface area contributed by atoms with E-state index >= 15 is 0 Å². The number of hydrogen-bond donors (Lipinski definition) is 0. The molecule has 31 heavy (non-hydrogen) atoms. The van der Waals surface area contributed by atoms with Gasteiger partial charge < -0.3 is 14.0 Å². The molecule has 1 aliphatic heterocycles. The smallest absolute Gasteiger partial charge is 0.253 e. The van der Waals surface area contributed by atoms with Crippen LogP contribution in [0.3, 0.4) is 0 Å². The van der Waals surface area contributed by atoms with Crippen molar-refractivity contribution in [1.82, 2.24) is 19.8 Å². The standard InChI is InChI=1S/C21H23N5O3S2/c1-13-22-23-21(25(13)2)31-12-20(27)26-16(11-15(24-26)19-6-5-9-30-19)14-7-8-17(28-3)18(10-14)29-4/h5-10,16H,11-12H2,1-4H3/t16-/m0/s1. The lowest BCUT2D eigenvalue weighted by Gasteiger charge is -2.22. The fourth-order valence-corrected chi connectivity index (χ4v) is 4.89. The third-order valence-corrected chi connectivity index (χ3v) is 7.07. The normalized spacial score (nSPS) is 15.8. The van der Waals surface area contributed by atoms with Gasteiger partial charge in [-0.15, -0.1) is 21.5 Å². The van der Waals surface area contributed by atoms with Gasteiger partial charge in [0, 0.05) is 13.5 Å². The Morgan fingerprint density at radius 1 is 1.23 bits per heavy atom. The SMILES string of the molecule is COc1ccc([C@@H]2CC(c3cccs3)=NN2C(=O)CSc2nnc(C)n2C)cc1OC. The summed E-state index contributed by atoms with van der Waals surface area (Å²) in [7, 11) is 5.09. The van der Waals surface area contributed by atoms with Crippen molar-refractivity contribution in [2.45, 2.75) is 24.5 Å². The minimum absolute atomic E-state index is 0.0861. The van der Waals surface area contributed by atoms with E-state index < -0.39 is 0 Å². The number of amides is 1. The lowest BCUT2D eigenvalue weighted by molar-refractivity contribution is -0.130. The van der Waals surface area contributed by atoms with Crippen LogP contribution in [0.1, 0.15) is 28.7 Å². The van der Waals surface area contributed by atoms with Gasteiger partial charge in [0.05, 0.1) is 36.6 Å². The number of benzene rings is 1. The number of carbonyl (C=O) groups excluding carboxylic acids is 1. The number of hydrogen-bond acceptors (Lipinski definition) is 8. The maximum Gasteiger partial charge on any atom is 0.253 e. The molecule has 3 heterocycles. The molecule has 3 aromatic rings. The third-order valence-electron chi connectivity index (χ3n) is 5.14. The Morgan fingerprint density at radius 3 is 2.68 bits per heavy atom. The second kappa shape index (κ2) is 9.11. The van der Waals surface area contributed by atoms with Crippen molar-refractivity contribution < 1.29 is 14.3 Å². The Morgan fingerprint density at radius 2 is 2.03 bits per heavy atom. The van der Waals surface area contributed by atoms with E-state index in [0.717, 1.165) is 22.0 Å². The summed E-state index contributed by atoms with van der Waals surface area (Å²) in [6, 6.07) is 9.53. The van der Waals surface area contributed by atoms with Gasteiger partial charge in [0.1, 0.15) is 5.82 Å². The molecule has 4 rings (SSSR count). The molecule has 162 valence electrons. The maximum absolute atomic E-state index is 13.2. The van der Waals surface area contributed by atoms with Gasteiger partial charge in [0.15, 0.2) is 16.7 Å². The van der Waals surface area contributed by atoms with Crippen LogP contribution in [0.5, 0.6) is 11.5 Å². The molecule has 0 spiro atoms. The van der Waals surface area contributed by atoms with Crippen LogP contribution in [-0.2, 0) is 11.8 Å². The highest BCUT2D eigenvalue weighted by Gasteiger charge is 2.34. The Labute approximate surface area is 188 Å². The van der Waals surface area contributed by atoms with E-state index in [-0.39, 0.29) is 17.7 Å². The first-order valence-corrected chi connectivity index (χ1v) is 11.5. The van der Waals surface area contributed by atoms with Crippen LogP contribution in [0.2, 0.25) is 0 Å². The summed E-state index contributed by atoms with van der Waals surface area (Å²) in [5.41, 5.74) is 1.85. The topological polar surface area (TPSA) is 81.8 Å². The molecule has 0 saturated carbocycles. The zero-order valence-electron chi connectivity index (χ0n) is 17.7. The number of thioether (sulfide) groups is 1. The molecule has 8 nitrogen and oxygen atoms in total. The number of rotatable bonds is 7. The lowest BCUT2D eigenvalue weighted by atomic mass is 10.0. The second-order valence-corrected chi connectivity index (χ2v) is 8.86. The molecule has 1 atom stereocenters. The van der Waals surface area contributed by atoms with Crippen molar-refractivity contribution in [2.75, 3.05) is 20.0 Å². The Kier molecular flexibility index (Phi) is 6.28. The number of nitrogens with zero attached hydrogens (tertiary/aromatic N) is 5. The third kappa shape index (κ3) is 4.31. The summed E-state index contributed by atoms with van der Waals surface area (Å²) >= 11 is 2.98. The van der Waals surface area contributed by atoms with Gasteiger partial charge in [0.2, 0.25) is 0 Å². The summed E-state index contributed by atoms with van der Waals surface area (Å²) in [4.78, 5) is 14.3. The molecule has 1 aliphatic rings. The predicted molar refractivity (Wildman–Crippen MR) is 121 cm³/mol. The summed E-state index contributed by atoms with van der Waals surface area (Å²) in [5, 5.41) is 17.2. The van der Waals surface area contributed by atoms with Crippen LogP contribution in [-0.4, -0.2) is 51.4 Å². The molecule has 0 aliphatic carbocycles. The van der Waals surface area contributed by atoms with Crippen LogP contribution in [0.25, 0.3) is 0 Å². The number of methoxy groups -OCH3 is 2. The minimum Gasteiger partial charge on any atom is -0.493 e. The second-order valence-electron chi connectivity index (χ2n) is 6.97. The average molecular weight is 458 g/mol. The maximum atomic E-state index is 13.2. The number of carbonyl (C=O) groups is 1. The summed E-state index contributed by atoms with van der Waals surface area (Å²) in [6.07, 6.45) is 0.634. The van der Waals surface area contributed by atoms with Gasteiger partial charge in [-0.1, -0.05) is 23.9 Å². The van der Waals surface area contributed by atoms with Gasteiger partial charge in [-0.3, -0.25) is 4.79 Å². The predicted octanol–water partition coefficient (Wildman–Crippen LogP) is 3.67. The summed E-state index contributed by atoms with van der Waals surface area (Å²) in [5.74, 6) is 2.21. The average Bonchev–Trinajstić information content (AvgIpc) is 3.53. The van der Waals surface area contributed by atoms with E-state index in [9.17, 15) is 4.79 Å². The van der Waals surface area contributed by atoms with E-state index in [2.05, 4.69) is 10.2 Å². The van der Waals surface area contributed by atoms with E-state index in [0.29, 0.717) is 23.1 Å². The van der Waals surface area contributed by atoms with Crippen molar-refractivity contribution in [3.63, 3.8) is 0 Å². The molecule has 0 fully saturated rings. The van der Waals surface area contributed by atoms with Crippen molar-refractivity contribution in [3.8, 4) is 11.5 Å². The Balaban J connectivity index is 1.60. The quantitative estimate of drug-likeness (QED) is 0.504. The summed E-state index contributed by atoms with van der Waals surface area (Å²) in [6.45, 7) is 1.88. The minimum atomic E-state index is -0.216. The zero-order valence-corrected chi connectivity index (χ0v) is 19.4. The molecule has 0 N–H and O–H groups in total. The monoisotopic (exact) mass is 457 g/mol. The fourth-order valence-electron chi connectivity index (χ4n) is 3.36. The van der Waals surface area contributed by atoms with Gasteiger partial charge in [-0.25, -0.2) is 5.01 Å². The molecule has 10 heteroatoms. The molecule has 0 radical (unpaired) electrons. The van der Waals surface area contributed by atoms with Crippen molar-refractivity contribution in [2.24, 2.45) is 12.1 Å². The molecule has 1 aromatic carbocycles. The van der Waals surface area contributed by atoms with Crippen LogP contribution in [0, 0.1) is 6.92 Å². The molecular formula is C21H23N5O3S2. The van der Waals surface area contributed by atoms with Crippen LogP contribution in [0.4, 0.5) is 0 Å². The van der Waals surface area contributed by atoms with E-state index in [1.807, 2.05) is 54.3 Å². The van der Waals surface area contributed by atoms with Crippen molar-refractivity contribution in [1.29, 1.82) is 0 Å². The van der Waals surface area contributed by atoms with E-state index in [1.54, 1.807) is 30.6 Å².